The third-order valence-corrected chi connectivity index (χ3v) is 5.65. The standard InChI is InChI=1S/C21H26N4O/c1-14-5-3-10-22-19(14)17-7-2-8-18(25-17)20-15(6-4-11-23-20)13-16-9-12-24-21(16)26/h3-6,10-11,16-18,25H,2,7-9,12-13H2,1H3,(H,24,26)/t16?,17-,18+/m0/s1. The van der Waals surface area contributed by atoms with Crippen molar-refractivity contribution in [1.82, 2.24) is 20.6 Å². The minimum Gasteiger partial charge on any atom is -0.356 e. The van der Waals surface area contributed by atoms with Gasteiger partial charge in [-0.05, 0) is 62.3 Å². The molecule has 2 fully saturated rings. The lowest BCUT2D eigenvalue weighted by Gasteiger charge is -2.32. The van der Waals surface area contributed by atoms with E-state index < -0.39 is 0 Å². The maximum absolute atomic E-state index is 12.0. The van der Waals surface area contributed by atoms with Crippen LogP contribution in [-0.2, 0) is 11.2 Å². The number of aryl methyl sites for hydroxylation is 1. The van der Waals surface area contributed by atoms with Gasteiger partial charge in [0, 0.05) is 24.9 Å². The number of piperidine rings is 1. The third-order valence-electron chi connectivity index (χ3n) is 5.65. The number of amides is 1. The molecule has 3 atom stereocenters. The van der Waals surface area contributed by atoms with Crippen LogP contribution in [0.1, 0.15) is 60.3 Å². The van der Waals surface area contributed by atoms with Gasteiger partial charge in [-0.25, -0.2) is 0 Å². The van der Waals surface area contributed by atoms with Crippen molar-refractivity contribution in [3.8, 4) is 0 Å². The summed E-state index contributed by atoms with van der Waals surface area (Å²) in [4.78, 5) is 21.3. The van der Waals surface area contributed by atoms with Crippen molar-refractivity contribution < 1.29 is 4.79 Å². The van der Waals surface area contributed by atoms with Crippen LogP contribution in [0, 0.1) is 12.8 Å². The Labute approximate surface area is 154 Å². The summed E-state index contributed by atoms with van der Waals surface area (Å²) in [6, 6.07) is 8.71. The maximum Gasteiger partial charge on any atom is 0.223 e. The van der Waals surface area contributed by atoms with Crippen molar-refractivity contribution in [1.29, 1.82) is 0 Å². The molecule has 0 aliphatic carbocycles. The molecule has 2 aromatic rings. The van der Waals surface area contributed by atoms with E-state index in [4.69, 9.17) is 4.98 Å². The fraction of sp³-hybridized carbons (Fsp3) is 0.476. The van der Waals surface area contributed by atoms with Gasteiger partial charge in [0.15, 0.2) is 0 Å². The largest absolute Gasteiger partial charge is 0.356 e. The molecular formula is C21H26N4O. The van der Waals surface area contributed by atoms with Crippen LogP contribution >= 0.6 is 0 Å². The Kier molecular flexibility index (Phi) is 4.98. The molecule has 1 amide bonds. The molecule has 1 unspecified atom stereocenters. The molecule has 0 radical (unpaired) electrons. The summed E-state index contributed by atoms with van der Waals surface area (Å²) in [7, 11) is 0. The zero-order valence-electron chi connectivity index (χ0n) is 15.2. The molecule has 2 saturated heterocycles. The molecule has 4 rings (SSSR count). The van der Waals surface area contributed by atoms with Gasteiger partial charge in [-0.1, -0.05) is 12.1 Å². The van der Waals surface area contributed by atoms with Gasteiger partial charge < -0.3 is 10.6 Å². The van der Waals surface area contributed by atoms with Gasteiger partial charge in [0.05, 0.1) is 23.5 Å². The Bertz CT molecular complexity index is 791. The number of nitrogens with zero attached hydrogens (tertiary/aromatic N) is 2. The van der Waals surface area contributed by atoms with Crippen LogP contribution in [0.2, 0.25) is 0 Å². The Morgan fingerprint density at radius 1 is 1.04 bits per heavy atom. The Morgan fingerprint density at radius 2 is 1.77 bits per heavy atom. The maximum atomic E-state index is 12.0. The summed E-state index contributed by atoms with van der Waals surface area (Å²) < 4.78 is 0. The molecule has 5 heteroatoms. The van der Waals surface area contributed by atoms with Gasteiger partial charge in [-0.3, -0.25) is 14.8 Å². The van der Waals surface area contributed by atoms with E-state index in [1.54, 1.807) is 0 Å². The molecule has 2 N–H and O–H groups in total. The lowest BCUT2D eigenvalue weighted by atomic mass is 9.89. The number of hydrogen-bond acceptors (Lipinski definition) is 4. The highest BCUT2D eigenvalue weighted by atomic mass is 16.2. The summed E-state index contributed by atoms with van der Waals surface area (Å²) >= 11 is 0. The number of hydrogen-bond donors (Lipinski definition) is 2. The quantitative estimate of drug-likeness (QED) is 0.889. The zero-order valence-corrected chi connectivity index (χ0v) is 15.2. The number of pyridine rings is 2. The second-order valence-corrected chi connectivity index (χ2v) is 7.44. The third kappa shape index (κ3) is 3.49. The van der Waals surface area contributed by atoms with E-state index in [1.807, 2.05) is 24.5 Å². The molecule has 0 saturated carbocycles. The molecule has 4 heterocycles. The molecule has 0 aromatic carbocycles. The van der Waals surface area contributed by atoms with Crippen LogP contribution in [0.4, 0.5) is 0 Å². The Morgan fingerprint density at radius 3 is 2.50 bits per heavy atom. The highest BCUT2D eigenvalue weighted by molar-refractivity contribution is 5.80. The number of carbonyl (C=O) groups excluding carboxylic acids is 1. The molecule has 0 spiro atoms. The number of aromatic nitrogens is 2. The van der Waals surface area contributed by atoms with Crippen LogP contribution in [0.15, 0.2) is 36.7 Å². The summed E-state index contributed by atoms with van der Waals surface area (Å²) in [5.41, 5.74) is 4.68. The fourth-order valence-electron chi connectivity index (χ4n) is 4.27. The van der Waals surface area contributed by atoms with Crippen LogP contribution in [-0.4, -0.2) is 22.4 Å². The Balaban J connectivity index is 1.55. The van der Waals surface area contributed by atoms with Crippen LogP contribution in [0.3, 0.4) is 0 Å². The average molecular weight is 350 g/mol. The minimum absolute atomic E-state index is 0.0790. The summed E-state index contributed by atoms with van der Waals surface area (Å²) in [6.45, 7) is 2.92. The van der Waals surface area contributed by atoms with E-state index in [0.29, 0.717) is 0 Å². The van der Waals surface area contributed by atoms with Gasteiger partial charge in [-0.15, -0.1) is 0 Å². The van der Waals surface area contributed by atoms with Crippen LogP contribution in [0.25, 0.3) is 0 Å². The van der Waals surface area contributed by atoms with Crippen LogP contribution in [0.5, 0.6) is 0 Å². The SMILES string of the molecule is Cc1cccnc1[C@@H]1CCC[C@H](c2ncccc2CC2CCNC2=O)N1. The highest BCUT2D eigenvalue weighted by Crippen LogP contribution is 2.34. The van der Waals surface area contributed by atoms with Gasteiger partial charge in [0.25, 0.3) is 0 Å². The smallest absolute Gasteiger partial charge is 0.223 e. The Hall–Kier alpha value is -2.27. The topological polar surface area (TPSA) is 66.9 Å². The average Bonchev–Trinajstić information content (AvgIpc) is 3.07. The van der Waals surface area contributed by atoms with Crippen molar-refractivity contribution in [2.45, 2.75) is 51.1 Å². The number of nitrogens with one attached hydrogen (secondary N) is 2. The van der Waals surface area contributed by atoms with E-state index in [2.05, 4.69) is 34.7 Å². The number of rotatable bonds is 4. The fourth-order valence-corrected chi connectivity index (χ4v) is 4.27. The predicted octanol–water partition coefficient (Wildman–Crippen LogP) is 3.02. The molecule has 2 aliphatic heterocycles. The summed E-state index contributed by atoms with van der Waals surface area (Å²) in [5, 5.41) is 6.72. The molecule has 2 aliphatic rings. The van der Waals surface area contributed by atoms with Gasteiger partial charge in [-0.2, -0.15) is 0 Å². The first kappa shape index (κ1) is 17.2. The lowest BCUT2D eigenvalue weighted by molar-refractivity contribution is -0.122. The second-order valence-electron chi connectivity index (χ2n) is 7.44. The van der Waals surface area contributed by atoms with E-state index in [1.165, 1.54) is 11.1 Å². The van der Waals surface area contributed by atoms with Crippen molar-refractivity contribution in [3.63, 3.8) is 0 Å². The highest BCUT2D eigenvalue weighted by Gasteiger charge is 2.30. The number of carbonyl (C=O) groups is 1. The lowest BCUT2D eigenvalue weighted by Crippen LogP contribution is -2.33. The molecule has 0 bridgehead atoms. The molecule has 26 heavy (non-hydrogen) atoms. The second kappa shape index (κ2) is 7.54. The van der Waals surface area contributed by atoms with E-state index >= 15 is 0 Å². The summed E-state index contributed by atoms with van der Waals surface area (Å²) in [6.07, 6.45) is 8.76. The zero-order chi connectivity index (χ0) is 17.9. The minimum atomic E-state index is 0.0790. The van der Waals surface area contributed by atoms with E-state index in [-0.39, 0.29) is 23.9 Å². The van der Waals surface area contributed by atoms with Crippen molar-refractivity contribution in [3.05, 3.63) is 59.2 Å². The van der Waals surface area contributed by atoms with Gasteiger partial charge in [0.1, 0.15) is 0 Å². The van der Waals surface area contributed by atoms with Crippen molar-refractivity contribution >= 4 is 5.91 Å². The first-order chi connectivity index (χ1) is 12.7. The molecular weight excluding hydrogens is 324 g/mol. The summed E-state index contributed by atoms with van der Waals surface area (Å²) in [5.74, 6) is 0.258. The molecule has 5 nitrogen and oxygen atoms in total. The van der Waals surface area contributed by atoms with Gasteiger partial charge in [0.2, 0.25) is 5.91 Å². The first-order valence-corrected chi connectivity index (χ1v) is 9.61. The van der Waals surface area contributed by atoms with E-state index in [0.717, 1.165) is 50.0 Å². The predicted molar refractivity (Wildman–Crippen MR) is 101 cm³/mol. The molecule has 2 aromatic heterocycles. The first-order valence-electron chi connectivity index (χ1n) is 9.61. The van der Waals surface area contributed by atoms with E-state index in [9.17, 15) is 4.79 Å². The van der Waals surface area contributed by atoms with Crippen molar-refractivity contribution in [2.75, 3.05) is 6.54 Å². The van der Waals surface area contributed by atoms with Crippen molar-refractivity contribution in [2.24, 2.45) is 5.92 Å². The monoisotopic (exact) mass is 350 g/mol. The molecule has 136 valence electrons. The van der Waals surface area contributed by atoms with Gasteiger partial charge >= 0.3 is 0 Å². The normalized spacial score (nSPS) is 25.9. The van der Waals surface area contributed by atoms with Crippen LogP contribution < -0.4 is 10.6 Å².